The summed E-state index contributed by atoms with van der Waals surface area (Å²) in [6.45, 7) is 2.45. The van der Waals surface area contributed by atoms with Crippen molar-refractivity contribution >= 4 is 27.4 Å². The normalized spacial score (nSPS) is 13.4. The largest absolute Gasteiger partial charge is 0.356 e. The van der Waals surface area contributed by atoms with Gasteiger partial charge in [-0.1, -0.05) is 28.9 Å². The van der Waals surface area contributed by atoms with Gasteiger partial charge in [0.25, 0.3) is 0 Å². The number of rotatable bonds is 8. The Balaban J connectivity index is 1.81. The molecule has 1 aromatic carbocycles. The Bertz CT molecular complexity index is 882. The molecule has 8 nitrogen and oxygen atoms in total. The van der Waals surface area contributed by atoms with E-state index in [-0.39, 0.29) is 11.8 Å². The summed E-state index contributed by atoms with van der Waals surface area (Å²) in [5.74, 6) is 1.71. The highest BCUT2D eigenvalue weighted by atomic mass is 35.5. The summed E-state index contributed by atoms with van der Waals surface area (Å²) in [6, 6.07) is 7.23. The van der Waals surface area contributed by atoms with E-state index in [0.717, 1.165) is 5.56 Å². The first-order valence-corrected chi connectivity index (χ1v) is 10.9. The number of aliphatic imine (C=N–C) groups is 1. The Morgan fingerprint density at radius 1 is 1.41 bits per heavy atom. The minimum absolute atomic E-state index is 0.0243. The third-order valence-corrected chi connectivity index (χ3v) is 4.92. The Morgan fingerprint density at radius 2 is 2.19 bits per heavy atom. The van der Waals surface area contributed by atoms with Crippen LogP contribution in [-0.4, -0.2) is 56.2 Å². The molecule has 2 rings (SSSR count). The maximum Gasteiger partial charge on any atom is 0.228 e. The lowest BCUT2D eigenvalue weighted by atomic mass is 10.2. The van der Waals surface area contributed by atoms with Crippen LogP contribution >= 0.6 is 11.6 Å². The fourth-order valence-corrected chi connectivity index (χ4v) is 3.25. The highest BCUT2D eigenvalue weighted by Gasteiger charge is 2.11. The van der Waals surface area contributed by atoms with Gasteiger partial charge >= 0.3 is 0 Å². The van der Waals surface area contributed by atoms with E-state index in [1.165, 1.54) is 6.26 Å². The average Bonchev–Trinajstić information content (AvgIpc) is 3.07. The van der Waals surface area contributed by atoms with Crippen LogP contribution in [0.3, 0.4) is 0 Å². The zero-order valence-corrected chi connectivity index (χ0v) is 17.1. The van der Waals surface area contributed by atoms with Crippen molar-refractivity contribution in [3.8, 4) is 11.4 Å². The molecule has 0 amide bonds. The van der Waals surface area contributed by atoms with E-state index in [9.17, 15) is 8.42 Å². The molecular formula is C17H24ClN5O3S. The van der Waals surface area contributed by atoms with Crippen molar-refractivity contribution in [1.29, 1.82) is 0 Å². The first kappa shape index (κ1) is 21.2. The quantitative estimate of drug-likeness (QED) is 0.502. The molecule has 0 spiro atoms. The lowest BCUT2D eigenvalue weighted by Crippen LogP contribution is -2.43. The number of aromatic nitrogens is 2. The minimum Gasteiger partial charge on any atom is -0.356 e. The predicted molar refractivity (Wildman–Crippen MR) is 107 cm³/mol. The Labute approximate surface area is 164 Å². The predicted octanol–water partition coefficient (Wildman–Crippen LogP) is 1.92. The fourth-order valence-electron chi connectivity index (χ4n) is 2.28. The lowest BCUT2D eigenvalue weighted by Gasteiger charge is -2.17. The molecule has 1 unspecified atom stereocenters. The van der Waals surface area contributed by atoms with Crippen LogP contribution in [0.1, 0.15) is 19.2 Å². The number of nitrogens with one attached hydrogen (secondary N) is 2. The Kier molecular flexibility index (Phi) is 7.61. The molecule has 0 saturated heterocycles. The number of benzene rings is 1. The fraction of sp³-hybridized carbons (Fsp3) is 0.471. The van der Waals surface area contributed by atoms with Crippen molar-refractivity contribution in [1.82, 2.24) is 20.8 Å². The maximum absolute atomic E-state index is 11.2. The molecule has 1 atom stereocenters. The molecule has 0 saturated carbocycles. The van der Waals surface area contributed by atoms with Crippen molar-refractivity contribution in [3.63, 3.8) is 0 Å². The van der Waals surface area contributed by atoms with Crippen LogP contribution in [0.25, 0.3) is 11.4 Å². The van der Waals surface area contributed by atoms with Crippen molar-refractivity contribution in [2.75, 3.05) is 25.6 Å². The highest BCUT2D eigenvalue weighted by Crippen LogP contribution is 2.19. The Morgan fingerprint density at radius 3 is 2.85 bits per heavy atom. The van der Waals surface area contributed by atoms with Gasteiger partial charge in [-0.2, -0.15) is 4.98 Å². The number of sulfone groups is 1. The summed E-state index contributed by atoms with van der Waals surface area (Å²) in [7, 11) is -1.32. The maximum atomic E-state index is 11.2. The molecule has 0 aliphatic carbocycles. The van der Waals surface area contributed by atoms with Gasteiger partial charge in [-0.05, 0) is 25.5 Å². The second-order valence-corrected chi connectivity index (χ2v) is 8.93. The van der Waals surface area contributed by atoms with Crippen molar-refractivity contribution in [3.05, 3.63) is 35.2 Å². The van der Waals surface area contributed by atoms with E-state index in [1.54, 1.807) is 19.2 Å². The van der Waals surface area contributed by atoms with E-state index in [0.29, 0.717) is 42.1 Å². The molecule has 148 valence electrons. The van der Waals surface area contributed by atoms with Crippen LogP contribution in [0, 0.1) is 0 Å². The van der Waals surface area contributed by atoms with Crippen molar-refractivity contribution in [2.24, 2.45) is 4.99 Å². The number of hydrogen-bond acceptors (Lipinski definition) is 6. The molecule has 2 N–H and O–H groups in total. The first-order chi connectivity index (χ1) is 12.8. The molecule has 1 heterocycles. The van der Waals surface area contributed by atoms with Gasteiger partial charge in [-0.25, -0.2) is 8.42 Å². The van der Waals surface area contributed by atoms with Gasteiger partial charge in [0, 0.05) is 42.9 Å². The summed E-state index contributed by atoms with van der Waals surface area (Å²) >= 11 is 5.98. The highest BCUT2D eigenvalue weighted by molar-refractivity contribution is 7.90. The molecule has 0 fully saturated rings. The second kappa shape index (κ2) is 9.70. The van der Waals surface area contributed by atoms with E-state index >= 15 is 0 Å². The lowest BCUT2D eigenvalue weighted by molar-refractivity contribution is 0.378. The summed E-state index contributed by atoms with van der Waals surface area (Å²) in [5, 5.41) is 10.9. The number of hydrogen-bond donors (Lipinski definition) is 2. The van der Waals surface area contributed by atoms with E-state index in [4.69, 9.17) is 16.1 Å². The molecule has 1 aromatic heterocycles. The molecule has 0 radical (unpaired) electrons. The van der Waals surface area contributed by atoms with E-state index in [1.807, 2.05) is 19.1 Å². The van der Waals surface area contributed by atoms with Gasteiger partial charge in [0.15, 0.2) is 5.96 Å². The number of nitrogens with zero attached hydrogens (tertiary/aromatic N) is 3. The van der Waals surface area contributed by atoms with Gasteiger partial charge in [0.05, 0.1) is 5.75 Å². The van der Waals surface area contributed by atoms with Crippen LogP contribution in [-0.2, 0) is 16.3 Å². The molecular weight excluding hydrogens is 390 g/mol. The topological polar surface area (TPSA) is 109 Å². The van der Waals surface area contributed by atoms with Crippen LogP contribution in [0.2, 0.25) is 5.02 Å². The van der Waals surface area contributed by atoms with Gasteiger partial charge in [0.2, 0.25) is 11.7 Å². The molecule has 2 aromatic rings. The van der Waals surface area contributed by atoms with Gasteiger partial charge in [0.1, 0.15) is 9.84 Å². The third-order valence-electron chi connectivity index (χ3n) is 3.71. The Hall–Kier alpha value is -2.13. The summed E-state index contributed by atoms with van der Waals surface area (Å²) < 4.78 is 27.7. The van der Waals surface area contributed by atoms with Crippen molar-refractivity contribution in [2.45, 2.75) is 25.8 Å². The second-order valence-electron chi connectivity index (χ2n) is 6.23. The van der Waals surface area contributed by atoms with E-state index in [2.05, 4.69) is 25.8 Å². The monoisotopic (exact) mass is 413 g/mol. The van der Waals surface area contributed by atoms with Crippen LogP contribution in [0.4, 0.5) is 0 Å². The summed E-state index contributed by atoms with van der Waals surface area (Å²) in [4.78, 5) is 8.49. The van der Waals surface area contributed by atoms with Gasteiger partial charge < -0.3 is 15.2 Å². The zero-order chi connectivity index (χ0) is 19.9. The van der Waals surface area contributed by atoms with Crippen LogP contribution < -0.4 is 10.6 Å². The smallest absolute Gasteiger partial charge is 0.228 e. The van der Waals surface area contributed by atoms with Gasteiger partial charge in [-0.3, -0.25) is 4.99 Å². The summed E-state index contributed by atoms with van der Waals surface area (Å²) in [5.41, 5.74) is 0.794. The molecule has 0 aliphatic rings. The van der Waals surface area contributed by atoms with Crippen molar-refractivity contribution < 1.29 is 12.9 Å². The minimum atomic E-state index is -2.97. The summed E-state index contributed by atoms with van der Waals surface area (Å²) in [6.07, 6.45) is 2.26. The molecule has 0 aliphatic heterocycles. The van der Waals surface area contributed by atoms with Gasteiger partial charge in [-0.15, -0.1) is 0 Å². The SMILES string of the molecule is CN=C(NCCc1nc(-c2cccc(Cl)c2)no1)NC(C)CCS(C)(=O)=O. The third kappa shape index (κ3) is 7.56. The molecule has 0 bridgehead atoms. The molecule has 27 heavy (non-hydrogen) atoms. The number of guanidine groups is 1. The standard InChI is InChI=1S/C17H24ClN5O3S/c1-12(8-10-27(3,24)25)21-17(19-2)20-9-7-15-22-16(23-26-15)13-5-4-6-14(18)11-13/h4-6,11-12H,7-10H2,1-3H3,(H2,19,20,21). The number of halogens is 1. The van der Waals surface area contributed by atoms with E-state index < -0.39 is 9.84 Å². The van der Waals surface area contributed by atoms with Crippen LogP contribution in [0.15, 0.2) is 33.8 Å². The molecule has 10 heteroatoms. The zero-order valence-electron chi connectivity index (χ0n) is 15.6. The average molecular weight is 414 g/mol. The van der Waals surface area contributed by atoms with Crippen LogP contribution in [0.5, 0.6) is 0 Å². The first-order valence-electron chi connectivity index (χ1n) is 8.50.